The number of anilines is 1. The maximum absolute atomic E-state index is 12.5. The standard InChI is InChI=1S/C23H24ClN3O3/c1-2-3-4-5-14-30-19-12-10-18(11-13-19)26-22(28)20-15-25-21(27-23(20)29)16-6-8-17(24)9-7-16/h6-13,15H,2-5,14H2,1H3,(H,26,28)(H,25,27,29). The van der Waals surface area contributed by atoms with Gasteiger partial charge in [-0.2, -0.15) is 0 Å². The van der Waals surface area contributed by atoms with Gasteiger partial charge in [0.05, 0.1) is 6.61 Å². The fourth-order valence-electron chi connectivity index (χ4n) is 2.86. The summed E-state index contributed by atoms with van der Waals surface area (Å²) in [5.41, 5.74) is 0.691. The quantitative estimate of drug-likeness (QED) is 0.455. The number of aromatic amines is 1. The van der Waals surface area contributed by atoms with E-state index in [1.165, 1.54) is 19.0 Å². The van der Waals surface area contributed by atoms with Crippen LogP contribution in [0.4, 0.5) is 5.69 Å². The number of hydrogen-bond acceptors (Lipinski definition) is 4. The zero-order valence-corrected chi connectivity index (χ0v) is 17.5. The molecule has 0 atom stereocenters. The molecule has 0 bridgehead atoms. The minimum Gasteiger partial charge on any atom is -0.494 e. The van der Waals surface area contributed by atoms with E-state index in [0.29, 0.717) is 28.7 Å². The largest absolute Gasteiger partial charge is 0.494 e. The monoisotopic (exact) mass is 425 g/mol. The van der Waals surface area contributed by atoms with Gasteiger partial charge in [-0.15, -0.1) is 0 Å². The number of benzene rings is 2. The molecule has 3 aromatic rings. The first-order chi connectivity index (χ1) is 14.6. The van der Waals surface area contributed by atoms with Crippen molar-refractivity contribution in [1.29, 1.82) is 0 Å². The highest BCUT2D eigenvalue weighted by atomic mass is 35.5. The Morgan fingerprint density at radius 1 is 1.07 bits per heavy atom. The molecule has 1 amide bonds. The van der Waals surface area contributed by atoms with Crippen molar-refractivity contribution >= 4 is 23.2 Å². The molecule has 156 valence electrons. The molecule has 30 heavy (non-hydrogen) atoms. The fraction of sp³-hybridized carbons (Fsp3) is 0.261. The van der Waals surface area contributed by atoms with Gasteiger partial charge in [0.15, 0.2) is 0 Å². The summed E-state index contributed by atoms with van der Waals surface area (Å²) >= 11 is 5.87. The van der Waals surface area contributed by atoms with Crippen molar-refractivity contribution in [3.05, 3.63) is 75.7 Å². The molecule has 1 aromatic heterocycles. The van der Waals surface area contributed by atoms with Crippen molar-refractivity contribution in [3.8, 4) is 17.1 Å². The van der Waals surface area contributed by atoms with Crippen LogP contribution >= 0.6 is 11.6 Å². The molecule has 0 saturated heterocycles. The number of amides is 1. The molecule has 1 heterocycles. The van der Waals surface area contributed by atoms with E-state index in [1.807, 2.05) is 0 Å². The molecule has 0 aliphatic heterocycles. The first-order valence-corrected chi connectivity index (χ1v) is 10.3. The third-order valence-corrected chi connectivity index (χ3v) is 4.79. The van der Waals surface area contributed by atoms with Crippen molar-refractivity contribution in [2.75, 3.05) is 11.9 Å². The Kier molecular flexibility index (Phi) is 7.63. The summed E-state index contributed by atoms with van der Waals surface area (Å²) in [6.07, 6.45) is 5.85. The van der Waals surface area contributed by atoms with Gasteiger partial charge < -0.3 is 15.0 Å². The number of nitrogens with one attached hydrogen (secondary N) is 2. The van der Waals surface area contributed by atoms with Crippen LogP contribution in [0.1, 0.15) is 43.0 Å². The van der Waals surface area contributed by atoms with Crippen molar-refractivity contribution in [3.63, 3.8) is 0 Å². The Morgan fingerprint density at radius 3 is 2.47 bits per heavy atom. The van der Waals surface area contributed by atoms with E-state index in [4.69, 9.17) is 16.3 Å². The van der Waals surface area contributed by atoms with Crippen LogP contribution in [0.2, 0.25) is 5.02 Å². The van der Waals surface area contributed by atoms with Gasteiger partial charge in [-0.1, -0.05) is 37.8 Å². The van der Waals surface area contributed by atoms with Crippen LogP contribution < -0.4 is 15.6 Å². The Bertz CT molecular complexity index is 1030. The van der Waals surface area contributed by atoms with Gasteiger partial charge in [0.1, 0.15) is 17.1 Å². The van der Waals surface area contributed by atoms with Gasteiger partial charge >= 0.3 is 0 Å². The molecule has 6 nitrogen and oxygen atoms in total. The smallest absolute Gasteiger partial charge is 0.264 e. The average molecular weight is 426 g/mol. The molecule has 0 aliphatic carbocycles. The predicted octanol–water partition coefficient (Wildman–Crippen LogP) is 5.30. The lowest BCUT2D eigenvalue weighted by Gasteiger charge is -2.08. The number of H-pyrrole nitrogens is 1. The maximum atomic E-state index is 12.5. The molecular formula is C23H24ClN3O3. The summed E-state index contributed by atoms with van der Waals surface area (Å²) in [4.78, 5) is 31.6. The minimum absolute atomic E-state index is 0.0658. The van der Waals surface area contributed by atoms with Crippen molar-refractivity contribution in [2.45, 2.75) is 32.6 Å². The average Bonchev–Trinajstić information content (AvgIpc) is 2.75. The van der Waals surface area contributed by atoms with Crippen molar-refractivity contribution in [1.82, 2.24) is 9.97 Å². The molecule has 0 aliphatic rings. The van der Waals surface area contributed by atoms with Crippen LogP contribution in [0.5, 0.6) is 5.75 Å². The van der Waals surface area contributed by atoms with Gasteiger partial charge in [0.25, 0.3) is 11.5 Å². The third-order valence-electron chi connectivity index (χ3n) is 4.54. The number of halogens is 1. The van der Waals surface area contributed by atoms with Crippen LogP contribution in [0.3, 0.4) is 0 Å². The van der Waals surface area contributed by atoms with E-state index in [2.05, 4.69) is 22.2 Å². The summed E-state index contributed by atoms with van der Waals surface area (Å²) < 4.78 is 5.69. The Hall–Kier alpha value is -3.12. The lowest BCUT2D eigenvalue weighted by atomic mass is 10.2. The molecule has 0 saturated carbocycles. The second-order valence-corrected chi connectivity index (χ2v) is 7.31. The third kappa shape index (κ3) is 5.94. The van der Waals surface area contributed by atoms with Gasteiger partial charge in [0, 0.05) is 22.5 Å². The van der Waals surface area contributed by atoms with Crippen LogP contribution in [-0.2, 0) is 0 Å². The highest BCUT2D eigenvalue weighted by Crippen LogP contribution is 2.18. The number of rotatable bonds is 9. The summed E-state index contributed by atoms with van der Waals surface area (Å²) in [6.45, 7) is 2.85. The molecule has 7 heteroatoms. The lowest BCUT2D eigenvalue weighted by molar-refractivity contribution is 0.102. The number of ether oxygens (including phenoxy) is 1. The Labute approximate surface area is 180 Å². The highest BCUT2D eigenvalue weighted by Gasteiger charge is 2.13. The molecule has 0 radical (unpaired) electrons. The van der Waals surface area contributed by atoms with Crippen LogP contribution in [-0.4, -0.2) is 22.5 Å². The number of aromatic nitrogens is 2. The number of hydrogen-bond donors (Lipinski definition) is 2. The highest BCUT2D eigenvalue weighted by molar-refractivity contribution is 6.30. The molecular weight excluding hydrogens is 402 g/mol. The topological polar surface area (TPSA) is 84.1 Å². The van der Waals surface area contributed by atoms with Gasteiger partial charge in [0.2, 0.25) is 0 Å². The van der Waals surface area contributed by atoms with E-state index in [-0.39, 0.29) is 5.56 Å². The first-order valence-electron chi connectivity index (χ1n) is 9.96. The SMILES string of the molecule is CCCCCCOc1ccc(NC(=O)c2cnc(-c3ccc(Cl)cc3)[nH]c2=O)cc1. The second kappa shape index (κ2) is 10.6. The van der Waals surface area contributed by atoms with Crippen LogP contribution in [0.25, 0.3) is 11.4 Å². The van der Waals surface area contributed by atoms with Crippen LogP contribution in [0.15, 0.2) is 59.5 Å². The van der Waals surface area contributed by atoms with E-state index in [9.17, 15) is 9.59 Å². The van der Waals surface area contributed by atoms with E-state index in [0.717, 1.165) is 18.6 Å². The number of nitrogens with zero attached hydrogens (tertiary/aromatic N) is 1. The first kappa shape index (κ1) is 21.6. The summed E-state index contributed by atoms with van der Waals surface area (Å²) in [7, 11) is 0. The van der Waals surface area contributed by atoms with E-state index < -0.39 is 11.5 Å². The molecule has 2 aromatic carbocycles. The van der Waals surface area contributed by atoms with E-state index >= 15 is 0 Å². The predicted molar refractivity (Wildman–Crippen MR) is 119 cm³/mol. The number of carbonyl (C=O) groups is 1. The van der Waals surface area contributed by atoms with Crippen molar-refractivity contribution < 1.29 is 9.53 Å². The molecule has 2 N–H and O–H groups in total. The zero-order valence-electron chi connectivity index (χ0n) is 16.8. The second-order valence-electron chi connectivity index (χ2n) is 6.87. The number of carbonyl (C=O) groups excluding carboxylic acids is 1. The Balaban J connectivity index is 1.60. The zero-order chi connectivity index (χ0) is 21.3. The van der Waals surface area contributed by atoms with Gasteiger partial charge in [-0.3, -0.25) is 9.59 Å². The summed E-state index contributed by atoms with van der Waals surface area (Å²) in [5, 5.41) is 3.29. The Morgan fingerprint density at radius 2 is 1.80 bits per heavy atom. The van der Waals surface area contributed by atoms with Crippen LogP contribution in [0, 0.1) is 0 Å². The number of unbranched alkanes of at least 4 members (excludes halogenated alkanes) is 3. The maximum Gasteiger partial charge on any atom is 0.264 e. The minimum atomic E-state index is -0.528. The summed E-state index contributed by atoms with van der Waals surface area (Å²) in [5.74, 6) is 0.588. The molecule has 0 fully saturated rings. The van der Waals surface area contributed by atoms with E-state index in [1.54, 1.807) is 48.5 Å². The van der Waals surface area contributed by atoms with Gasteiger partial charge in [-0.25, -0.2) is 4.98 Å². The van der Waals surface area contributed by atoms with Gasteiger partial charge in [-0.05, 0) is 55.0 Å². The molecule has 0 spiro atoms. The molecule has 3 rings (SSSR count). The lowest BCUT2D eigenvalue weighted by Crippen LogP contribution is -2.24. The summed E-state index contributed by atoms with van der Waals surface area (Å²) in [6, 6.07) is 14.0. The molecule has 0 unspecified atom stereocenters. The van der Waals surface area contributed by atoms with Crippen molar-refractivity contribution in [2.24, 2.45) is 0 Å². The fourth-order valence-corrected chi connectivity index (χ4v) is 2.99. The normalized spacial score (nSPS) is 10.6.